The molecular weight excluding hydrogens is 258 g/mol. The molecule has 0 spiro atoms. The van der Waals surface area contributed by atoms with Crippen LogP contribution in [0.25, 0.3) is 0 Å². The zero-order valence-electron chi connectivity index (χ0n) is 8.44. The molecule has 0 fully saturated rings. The fourth-order valence-electron chi connectivity index (χ4n) is 0.882. The minimum absolute atomic E-state index is 0.506. The third-order valence-corrected chi connectivity index (χ3v) is 1.73. The fourth-order valence-corrected chi connectivity index (χ4v) is 0.882. The Kier molecular flexibility index (Phi) is 5.73. The van der Waals surface area contributed by atoms with Gasteiger partial charge in [0.05, 0.1) is 6.61 Å². The molecule has 0 saturated carbocycles. The summed E-state index contributed by atoms with van der Waals surface area (Å²) in [5.74, 6) is -4.83. The van der Waals surface area contributed by atoms with Crippen LogP contribution in [0.1, 0.15) is 12.8 Å². The molecule has 0 aliphatic heterocycles. The summed E-state index contributed by atoms with van der Waals surface area (Å²) in [4.78, 5) is 10.2. The lowest BCUT2D eigenvalue weighted by atomic mass is 10.1. The topological polar surface area (TPSA) is 46.5 Å². The first-order chi connectivity index (χ1) is 7.54. The molecule has 0 aliphatic carbocycles. The standard InChI is InChI=1S/C8H10F6O3/c9-7(10,11)2-1-3-17-4-5(6(15)16)8(12,13)14/h5H,1-4H2,(H,15,16). The zero-order valence-corrected chi connectivity index (χ0v) is 8.44. The van der Waals surface area contributed by atoms with Crippen molar-refractivity contribution in [3.63, 3.8) is 0 Å². The third kappa shape index (κ3) is 7.83. The Bertz CT molecular complexity index is 247. The van der Waals surface area contributed by atoms with Crippen molar-refractivity contribution in [3.05, 3.63) is 0 Å². The van der Waals surface area contributed by atoms with Gasteiger partial charge in [0.25, 0.3) is 0 Å². The summed E-state index contributed by atoms with van der Waals surface area (Å²) >= 11 is 0. The Labute approximate surface area is 92.4 Å². The van der Waals surface area contributed by atoms with Crippen molar-refractivity contribution < 1.29 is 41.0 Å². The number of ether oxygens (including phenoxy) is 1. The molecule has 0 heterocycles. The van der Waals surface area contributed by atoms with E-state index in [4.69, 9.17) is 5.11 Å². The van der Waals surface area contributed by atoms with Crippen molar-refractivity contribution in [2.75, 3.05) is 13.2 Å². The first kappa shape index (κ1) is 16.0. The van der Waals surface area contributed by atoms with Gasteiger partial charge in [0.15, 0.2) is 5.92 Å². The van der Waals surface area contributed by atoms with Gasteiger partial charge in [0.2, 0.25) is 0 Å². The van der Waals surface area contributed by atoms with Gasteiger partial charge in [-0.15, -0.1) is 0 Å². The van der Waals surface area contributed by atoms with Crippen molar-refractivity contribution in [1.29, 1.82) is 0 Å². The zero-order chi connectivity index (χ0) is 13.7. The van der Waals surface area contributed by atoms with Gasteiger partial charge in [-0.3, -0.25) is 4.79 Å². The van der Waals surface area contributed by atoms with Gasteiger partial charge >= 0.3 is 18.3 Å². The summed E-state index contributed by atoms with van der Waals surface area (Å²) in [6.45, 7) is -1.75. The number of rotatable bonds is 6. The number of aliphatic carboxylic acids is 1. The van der Waals surface area contributed by atoms with Crippen molar-refractivity contribution in [3.8, 4) is 0 Å². The number of halogens is 6. The van der Waals surface area contributed by atoms with Gasteiger partial charge in [-0.05, 0) is 6.42 Å². The first-order valence-electron chi connectivity index (χ1n) is 4.48. The molecule has 0 rings (SSSR count). The highest BCUT2D eigenvalue weighted by Gasteiger charge is 2.45. The Morgan fingerprint density at radius 2 is 1.71 bits per heavy atom. The molecule has 3 nitrogen and oxygen atoms in total. The van der Waals surface area contributed by atoms with E-state index in [1.54, 1.807) is 0 Å². The third-order valence-electron chi connectivity index (χ3n) is 1.73. The van der Waals surface area contributed by atoms with Gasteiger partial charge in [0.1, 0.15) is 0 Å². The molecule has 102 valence electrons. The van der Waals surface area contributed by atoms with Crippen LogP contribution in [0.2, 0.25) is 0 Å². The largest absolute Gasteiger partial charge is 0.481 e. The second-order valence-corrected chi connectivity index (χ2v) is 3.23. The molecule has 0 aromatic rings. The van der Waals surface area contributed by atoms with E-state index in [-0.39, 0.29) is 0 Å². The van der Waals surface area contributed by atoms with Gasteiger partial charge in [-0.2, -0.15) is 26.3 Å². The molecule has 0 aromatic carbocycles. The number of alkyl halides is 6. The van der Waals surface area contributed by atoms with Crippen LogP contribution in [0.4, 0.5) is 26.3 Å². The van der Waals surface area contributed by atoms with Crippen LogP contribution in [0, 0.1) is 5.92 Å². The fraction of sp³-hybridized carbons (Fsp3) is 0.875. The van der Waals surface area contributed by atoms with Crippen molar-refractivity contribution in [2.24, 2.45) is 5.92 Å². The Balaban J connectivity index is 3.90. The summed E-state index contributed by atoms with van der Waals surface area (Å²) in [7, 11) is 0. The normalized spacial score (nSPS) is 14.7. The lowest BCUT2D eigenvalue weighted by Crippen LogP contribution is -2.34. The molecule has 0 saturated heterocycles. The summed E-state index contributed by atoms with van der Waals surface area (Å²) in [6.07, 6.45) is -11.1. The lowest BCUT2D eigenvalue weighted by Gasteiger charge is -2.16. The molecule has 0 aromatic heterocycles. The van der Waals surface area contributed by atoms with E-state index in [0.717, 1.165) is 0 Å². The second kappa shape index (κ2) is 6.08. The SMILES string of the molecule is O=C(O)C(COCCCC(F)(F)F)C(F)(F)F. The molecule has 1 unspecified atom stereocenters. The summed E-state index contributed by atoms with van der Waals surface area (Å²) in [5.41, 5.74) is 0. The summed E-state index contributed by atoms with van der Waals surface area (Å²) < 4.78 is 75.3. The van der Waals surface area contributed by atoms with Gasteiger partial charge in [-0.1, -0.05) is 0 Å². The van der Waals surface area contributed by atoms with Crippen LogP contribution in [0.5, 0.6) is 0 Å². The predicted molar refractivity (Wildman–Crippen MR) is 43.3 cm³/mol. The average Bonchev–Trinajstić information content (AvgIpc) is 2.05. The second-order valence-electron chi connectivity index (χ2n) is 3.23. The highest BCUT2D eigenvalue weighted by atomic mass is 19.4. The van der Waals surface area contributed by atoms with Crippen LogP contribution in [-0.2, 0) is 9.53 Å². The number of carboxylic acids is 1. The smallest absolute Gasteiger partial charge is 0.404 e. The number of hydrogen-bond donors (Lipinski definition) is 1. The maximum atomic E-state index is 12.0. The molecule has 0 radical (unpaired) electrons. The van der Waals surface area contributed by atoms with Crippen LogP contribution in [0.15, 0.2) is 0 Å². The minimum atomic E-state index is -4.98. The molecule has 9 heteroatoms. The molecule has 1 N–H and O–H groups in total. The van der Waals surface area contributed by atoms with Gasteiger partial charge < -0.3 is 9.84 Å². The highest BCUT2D eigenvalue weighted by molar-refractivity contribution is 5.71. The Hall–Kier alpha value is -0.990. The van der Waals surface area contributed by atoms with Gasteiger partial charge in [0, 0.05) is 13.0 Å². The van der Waals surface area contributed by atoms with E-state index in [9.17, 15) is 31.1 Å². The van der Waals surface area contributed by atoms with Crippen LogP contribution in [0.3, 0.4) is 0 Å². The van der Waals surface area contributed by atoms with E-state index in [1.807, 2.05) is 0 Å². The van der Waals surface area contributed by atoms with E-state index < -0.39 is 50.3 Å². The number of carboxylic acid groups (broad SMARTS) is 1. The number of hydrogen-bond acceptors (Lipinski definition) is 2. The highest BCUT2D eigenvalue weighted by Crippen LogP contribution is 2.27. The van der Waals surface area contributed by atoms with Crippen LogP contribution < -0.4 is 0 Å². The molecule has 0 aliphatic rings. The van der Waals surface area contributed by atoms with E-state index in [0.29, 0.717) is 0 Å². The summed E-state index contributed by atoms with van der Waals surface area (Å²) in [5, 5.41) is 8.21. The maximum absolute atomic E-state index is 12.0. The Morgan fingerprint density at radius 3 is 2.06 bits per heavy atom. The van der Waals surface area contributed by atoms with Crippen LogP contribution in [-0.4, -0.2) is 36.6 Å². The van der Waals surface area contributed by atoms with E-state index in [1.165, 1.54) is 0 Å². The quantitative estimate of drug-likeness (QED) is 0.595. The van der Waals surface area contributed by atoms with Crippen LogP contribution >= 0.6 is 0 Å². The lowest BCUT2D eigenvalue weighted by molar-refractivity contribution is -0.203. The monoisotopic (exact) mass is 268 g/mol. The van der Waals surface area contributed by atoms with Crippen molar-refractivity contribution in [2.45, 2.75) is 25.2 Å². The Morgan fingerprint density at radius 1 is 1.18 bits per heavy atom. The number of carbonyl (C=O) groups is 1. The molecular formula is C8H10F6O3. The van der Waals surface area contributed by atoms with Crippen molar-refractivity contribution in [1.82, 2.24) is 0 Å². The molecule has 0 bridgehead atoms. The van der Waals surface area contributed by atoms with Crippen molar-refractivity contribution >= 4 is 5.97 Å². The maximum Gasteiger partial charge on any atom is 0.404 e. The first-order valence-corrected chi connectivity index (χ1v) is 4.48. The van der Waals surface area contributed by atoms with E-state index >= 15 is 0 Å². The average molecular weight is 268 g/mol. The molecule has 17 heavy (non-hydrogen) atoms. The molecule has 0 amide bonds. The molecule has 1 atom stereocenters. The summed E-state index contributed by atoms with van der Waals surface area (Å²) in [6, 6.07) is 0. The van der Waals surface area contributed by atoms with Gasteiger partial charge in [-0.25, -0.2) is 0 Å². The predicted octanol–water partition coefficient (Wildman–Crippen LogP) is 2.61. The van der Waals surface area contributed by atoms with E-state index in [2.05, 4.69) is 4.74 Å². The minimum Gasteiger partial charge on any atom is -0.481 e.